The van der Waals surface area contributed by atoms with Crippen LogP contribution in [0.2, 0.25) is 0 Å². The maximum Gasteiger partial charge on any atom is 0.334 e. The van der Waals surface area contributed by atoms with Crippen LogP contribution in [0.4, 0.5) is 0 Å². The number of aliphatic carboxylic acids is 1. The maximum absolute atomic E-state index is 12.5. The van der Waals surface area contributed by atoms with E-state index >= 15 is 0 Å². The molecule has 1 N–H and O–H groups in total. The van der Waals surface area contributed by atoms with E-state index in [-0.39, 0.29) is 19.1 Å². The van der Waals surface area contributed by atoms with Gasteiger partial charge in [-0.05, 0) is 26.8 Å². The molecule has 0 aliphatic carbocycles. The van der Waals surface area contributed by atoms with Crippen LogP contribution in [0.15, 0.2) is 6.07 Å². The average molecular weight is 280 g/mol. The highest BCUT2D eigenvalue weighted by atomic mass is 16.5. The molecule has 1 fully saturated rings. The standard InChI is InChI=1S/C14H20N2O4/c1-4-16-9(2)7-11(10(16)3)13(17)15-5-6-20-12(8-15)14(18)19/h7,12H,4-6,8H2,1-3H3,(H,18,19). The Morgan fingerprint density at radius 3 is 2.70 bits per heavy atom. The highest BCUT2D eigenvalue weighted by Crippen LogP contribution is 2.18. The van der Waals surface area contributed by atoms with Crippen molar-refractivity contribution in [2.75, 3.05) is 19.7 Å². The summed E-state index contributed by atoms with van der Waals surface area (Å²) >= 11 is 0. The van der Waals surface area contributed by atoms with Crippen molar-refractivity contribution >= 4 is 11.9 Å². The molecule has 1 saturated heterocycles. The highest BCUT2D eigenvalue weighted by Gasteiger charge is 2.30. The predicted octanol–water partition coefficient (Wildman–Crippen LogP) is 1.05. The average Bonchev–Trinajstić information content (AvgIpc) is 2.72. The highest BCUT2D eigenvalue weighted by molar-refractivity contribution is 5.96. The maximum atomic E-state index is 12.5. The van der Waals surface area contributed by atoms with Crippen LogP contribution in [0.25, 0.3) is 0 Å². The SMILES string of the molecule is CCn1c(C)cc(C(=O)N2CCOC(C(=O)O)C2)c1C. The number of carbonyl (C=O) groups is 2. The van der Waals surface area contributed by atoms with E-state index in [1.807, 2.05) is 26.8 Å². The first-order valence-corrected chi connectivity index (χ1v) is 6.76. The number of ether oxygens (including phenoxy) is 1. The summed E-state index contributed by atoms with van der Waals surface area (Å²) in [6, 6.07) is 1.87. The van der Waals surface area contributed by atoms with Crippen molar-refractivity contribution < 1.29 is 19.4 Å². The lowest BCUT2D eigenvalue weighted by Gasteiger charge is -2.30. The monoisotopic (exact) mass is 280 g/mol. The first-order chi connectivity index (χ1) is 9.45. The van der Waals surface area contributed by atoms with Crippen LogP contribution in [0, 0.1) is 13.8 Å². The van der Waals surface area contributed by atoms with Crippen molar-refractivity contribution in [1.29, 1.82) is 0 Å². The first kappa shape index (κ1) is 14.6. The van der Waals surface area contributed by atoms with Crippen molar-refractivity contribution in [1.82, 2.24) is 9.47 Å². The fourth-order valence-electron chi connectivity index (χ4n) is 2.66. The van der Waals surface area contributed by atoms with Gasteiger partial charge in [0.1, 0.15) is 0 Å². The number of aryl methyl sites for hydroxylation is 1. The van der Waals surface area contributed by atoms with Gasteiger partial charge in [0.15, 0.2) is 6.10 Å². The minimum atomic E-state index is -1.03. The van der Waals surface area contributed by atoms with Crippen LogP contribution in [-0.2, 0) is 16.1 Å². The van der Waals surface area contributed by atoms with Crippen LogP contribution >= 0.6 is 0 Å². The number of aromatic nitrogens is 1. The molecular formula is C14H20N2O4. The van der Waals surface area contributed by atoms with Crippen molar-refractivity contribution in [2.45, 2.75) is 33.4 Å². The summed E-state index contributed by atoms with van der Waals surface area (Å²) in [6.07, 6.45) is -0.928. The lowest BCUT2D eigenvalue weighted by molar-refractivity contribution is -0.154. The van der Waals surface area contributed by atoms with Crippen LogP contribution in [0.3, 0.4) is 0 Å². The van der Waals surface area contributed by atoms with Gasteiger partial charge in [-0.15, -0.1) is 0 Å². The van der Waals surface area contributed by atoms with Gasteiger partial charge in [0, 0.05) is 24.5 Å². The number of hydrogen-bond acceptors (Lipinski definition) is 3. The van der Waals surface area contributed by atoms with Gasteiger partial charge in [0.25, 0.3) is 5.91 Å². The molecule has 1 aromatic heterocycles. The quantitative estimate of drug-likeness (QED) is 0.898. The summed E-state index contributed by atoms with van der Waals surface area (Å²) in [5, 5.41) is 8.98. The van der Waals surface area contributed by atoms with Crippen LogP contribution in [0.1, 0.15) is 28.7 Å². The Morgan fingerprint density at radius 2 is 2.15 bits per heavy atom. The third kappa shape index (κ3) is 2.56. The van der Waals surface area contributed by atoms with E-state index in [0.717, 1.165) is 17.9 Å². The molecule has 110 valence electrons. The van der Waals surface area contributed by atoms with Crippen LogP contribution < -0.4 is 0 Å². The number of carboxylic acid groups (broad SMARTS) is 1. The van der Waals surface area contributed by atoms with E-state index in [0.29, 0.717) is 12.1 Å². The minimum Gasteiger partial charge on any atom is -0.479 e. The molecule has 1 amide bonds. The van der Waals surface area contributed by atoms with E-state index < -0.39 is 12.1 Å². The predicted molar refractivity (Wildman–Crippen MR) is 72.9 cm³/mol. The van der Waals surface area contributed by atoms with E-state index in [2.05, 4.69) is 4.57 Å². The second kappa shape index (κ2) is 5.66. The van der Waals surface area contributed by atoms with E-state index in [1.165, 1.54) is 0 Å². The number of nitrogens with zero attached hydrogens (tertiary/aromatic N) is 2. The Bertz CT molecular complexity index is 536. The number of hydrogen-bond donors (Lipinski definition) is 1. The summed E-state index contributed by atoms with van der Waals surface area (Å²) in [5.41, 5.74) is 2.61. The molecule has 0 saturated carbocycles. The fraction of sp³-hybridized carbons (Fsp3) is 0.571. The molecule has 1 aliphatic rings. The zero-order valence-corrected chi connectivity index (χ0v) is 12.0. The summed E-state index contributed by atoms with van der Waals surface area (Å²) in [6.45, 7) is 7.51. The number of rotatable bonds is 3. The lowest BCUT2D eigenvalue weighted by atomic mass is 10.2. The van der Waals surface area contributed by atoms with E-state index in [9.17, 15) is 9.59 Å². The third-order valence-corrected chi connectivity index (χ3v) is 3.75. The Hall–Kier alpha value is -1.82. The smallest absolute Gasteiger partial charge is 0.334 e. The minimum absolute atomic E-state index is 0.101. The molecule has 0 spiro atoms. The molecule has 2 rings (SSSR count). The lowest BCUT2D eigenvalue weighted by Crippen LogP contribution is -2.48. The first-order valence-electron chi connectivity index (χ1n) is 6.76. The number of carbonyl (C=O) groups excluding carboxylic acids is 1. The third-order valence-electron chi connectivity index (χ3n) is 3.75. The number of morpholine rings is 1. The molecule has 1 atom stereocenters. The van der Waals surface area contributed by atoms with E-state index in [1.54, 1.807) is 4.90 Å². The van der Waals surface area contributed by atoms with Gasteiger partial charge >= 0.3 is 5.97 Å². The topological polar surface area (TPSA) is 71.8 Å². The Labute approximate surface area is 117 Å². The molecule has 6 nitrogen and oxygen atoms in total. The second-order valence-electron chi connectivity index (χ2n) is 4.98. The Balaban J connectivity index is 2.21. The van der Waals surface area contributed by atoms with Gasteiger partial charge in [-0.1, -0.05) is 0 Å². The summed E-state index contributed by atoms with van der Waals surface area (Å²) in [7, 11) is 0. The number of amides is 1. The zero-order chi connectivity index (χ0) is 14.9. The zero-order valence-electron chi connectivity index (χ0n) is 12.0. The van der Waals surface area contributed by atoms with Crippen molar-refractivity contribution in [3.8, 4) is 0 Å². The van der Waals surface area contributed by atoms with Crippen LogP contribution in [-0.4, -0.2) is 52.3 Å². The molecule has 20 heavy (non-hydrogen) atoms. The van der Waals surface area contributed by atoms with Gasteiger partial charge in [0.2, 0.25) is 0 Å². The summed E-state index contributed by atoms with van der Waals surface area (Å²) in [4.78, 5) is 25.1. The molecule has 0 aromatic carbocycles. The van der Waals surface area contributed by atoms with Gasteiger partial charge in [0.05, 0.1) is 18.7 Å². The molecule has 1 unspecified atom stereocenters. The van der Waals surface area contributed by atoms with Gasteiger partial charge < -0.3 is 19.3 Å². The summed E-state index contributed by atoms with van der Waals surface area (Å²) in [5.74, 6) is -1.14. The molecule has 1 aliphatic heterocycles. The van der Waals surface area contributed by atoms with Gasteiger partial charge in [-0.3, -0.25) is 4.79 Å². The molecule has 6 heteroatoms. The normalized spacial score (nSPS) is 19.1. The Kier molecular flexibility index (Phi) is 4.13. The fourth-order valence-corrected chi connectivity index (χ4v) is 2.66. The largest absolute Gasteiger partial charge is 0.479 e. The summed E-state index contributed by atoms with van der Waals surface area (Å²) < 4.78 is 7.21. The van der Waals surface area contributed by atoms with Crippen LogP contribution in [0.5, 0.6) is 0 Å². The van der Waals surface area contributed by atoms with Gasteiger partial charge in [-0.2, -0.15) is 0 Å². The molecule has 1 aromatic rings. The number of carboxylic acids is 1. The van der Waals surface area contributed by atoms with E-state index in [4.69, 9.17) is 9.84 Å². The molecule has 0 bridgehead atoms. The molecular weight excluding hydrogens is 260 g/mol. The van der Waals surface area contributed by atoms with Gasteiger partial charge in [-0.25, -0.2) is 4.79 Å². The second-order valence-corrected chi connectivity index (χ2v) is 4.98. The molecule has 2 heterocycles. The Morgan fingerprint density at radius 1 is 1.45 bits per heavy atom. The van der Waals surface area contributed by atoms with Crippen molar-refractivity contribution in [2.24, 2.45) is 0 Å². The van der Waals surface area contributed by atoms with Crippen molar-refractivity contribution in [3.63, 3.8) is 0 Å². The molecule has 0 radical (unpaired) electrons. The van der Waals surface area contributed by atoms with Crippen molar-refractivity contribution in [3.05, 3.63) is 23.0 Å².